The fraction of sp³-hybridized carbons (Fsp3) is 0.533. The molecule has 3 N–H and O–H groups in total. The van der Waals surface area contributed by atoms with Gasteiger partial charge in [0.05, 0.1) is 0 Å². The number of nitrogens with two attached hydrogens (primary N) is 1. The Hall–Kier alpha value is -1.55. The molecule has 0 heterocycles. The quantitative estimate of drug-likeness (QED) is 0.878. The van der Waals surface area contributed by atoms with Crippen LogP contribution in [0.2, 0.25) is 0 Å². The molecule has 0 aromatic heterocycles. The number of rotatable bonds is 4. The molecule has 0 saturated carbocycles. The molecule has 1 rings (SSSR count). The highest BCUT2D eigenvalue weighted by molar-refractivity contribution is 5.67. The molecule has 1 aromatic rings. The Labute approximate surface area is 115 Å². The van der Waals surface area contributed by atoms with Crippen molar-refractivity contribution in [2.75, 3.05) is 0 Å². The Bertz CT molecular complexity index is 422. The van der Waals surface area contributed by atoms with Gasteiger partial charge in [0.1, 0.15) is 5.60 Å². The molecule has 0 unspecified atom stereocenters. The Morgan fingerprint density at radius 2 is 2.00 bits per heavy atom. The Morgan fingerprint density at radius 1 is 1.37 bits per heavy atom. The number of ether oxygens (including phenoxy) is 1. The molecule has 4 heteroatoms. The smallest absolute Gasteiger partial charge is 0.407 e. The van der Waals surface area contributed by atoms with Gasteiger partial charge in [0.15, 0.2) is 0 Å². The lowest BCUT2D eigenvalue weighted by atomic mass is 10.0. The van der Waals surface area contributed by atoms with Crippen molar-refractivity contribution in [3.8, 4) is 0 Å². The Balaban J connectivity index is 2.51. The minimum Gasteiger partial charge on any atom is -0.444 e. The molecule has 0 aliphatic rings. The van der Waals surface area contributed by atoms with Gasteiger partial charge in [-0.15, -0.1) is 0 Å². The van der Waals surface area contributed by atoms with Crippen LogP contribution in [0.25, 0.3) is 0 Å². The van der Waals surface area contributed by atoms with Gasteiger partial charge in [-0.1, -0.05) is 24.3 Å². The van der Waals surface area contributed by atoms with Gasteiger partial charge in [-0.05, 0) is 45.2 Å². The molecule has 0 saturated heterocycles. The lowest BCUT2D eigenvalue weighted by Gasteiger charge is -2.19. The van der Waals surface area contributed by atoms with Gasteiger partial charge in [-0.3, -0.25) is 0 Å². The summed E-state index contributed by atoms with van der Waals surface area (Å²) >= 11 is 0. The molecular weight excluding hydrogens is 240 g/mol. The number of hydrogen-bond donors (Lipinski definition) is 2. The molecule has 0 aliphatic carbocycles. The number of nitrogens with one attached hydrogen (secondary N) is 1. The van der Waals surface area contributed by atoms with Crippen molar-refractivity contribution in [2.45, 2.75) is 52.3 Å². The van der Waals surface area contributed by atoms with Gasteiger partial charge in [0.25, 0.3) is 0 Å². The summed E-state index contributed by atoms with van der Waals surface area (Å²) in [6.45, 7) is 7.97. The molecule has 106 valence electrons. The zero-order valence-electron chi connectivity index (χ0n) is 12.2. The maximum Gasteiger partial charge on any atom is 0.407 e. The monoisotopic (exact) mass is 264 g/mol. The summed E-state index contributed by atoms with van der Waals surface area (Å²) < 4.78 is 5.18. The van der Waals surface area contributed by atoms with Crippen LogP contribution in [0, 0.1) is 0 Å². The first kappa shape index (κ1) is 15.5. The fourth-order valence-corrected chi connectivity index (χ4v) is 1.73. The highest BCUT2D eigenvalue weighted by Gasteiger charge is 2.15. The normalized spacial score (nSPS) is 12.9. The Kier molecular flexibility index (Phi) is 5.36. The average molecular weight is 264 g/mol. The van der Waals surface area contributed by atoms with Crippen molar-refractivity contribution in [2.24, 2.45) is 5.73 Å². The van der Waals surface area contributed by atoms with Crippen molar-refractivity contribution < 1.29 is 9.53 Å². The van der Waals surface area contributed by atoms with Crippen LogP contribution in [0.1, 0.15) is 38.8 Å². The van der Waals surface area contributed by atoms with Gasteiger partial charge in [0.2, 0.25) is 0 Å². The van der Waals surface area contributed by atoms with E-state index in [1.807, 2.05) is 45.9 Å². The van der Waals surface area contributed by atoms with E-state index in [-0.39, 0.29) is 6.04 Å². The molecule has 19 heavy (non-hydrogen) atoms. The van der Waals surface area contributed by atoms with E-state index in [0.717, 1.165) is 12.0 Å². The summed E-state index contributed by atoms with van der Waals surface area (Å²) in [5.41, 5.74) is 7.53. The summed E-state index contributed by atoms with van der Waals surface area (Å²) in [5.74, 6) is 0. The van der Waals surface area contributed by atoms with Crippen LogP contribution in [0.5, 0.6) is 0 Å². The highest BCUT2D eigenvalue weighted by Crippen LogP contribution is 2.09. The van der Waals surface area contributed by atoms with Crippen molar-refractivity contribution in [1.29, 1.82) is 0 Å². The average Bonchev–Trinajstić information content (AvgIpc) is 2.23. The van der Waals surface area contributed by atoms with Gasteiger partial charge in [-0.25, -0.2) is 4.79 Å². The van der Waals surface area contributed by atoms with Crippen LogP contribution in [0.4, 0.5) is 4.79 Å². The van der Waals surface area contributed by atoms with Crippen molar-refractivity contribution in [1.82, 2.24) is 5.32 Å². The lowest BCUT2D eigenvalue weighted by Crippen LogP contribution is -2.32. The first-order valence-corrected chi connectivity index (χ1v) is 6.56. The second kappa shape index (κ2) is 6.57. The molecule has 1 atom stereocenters. The zero-order chi connectivity index (χ0) is 14.5. The maximum atomic E-state index is 11.5. The fourth-order valence-electron chi connectivity index (χ4n) is 1.73. The summed E-state index contributed by atoms with van der Waals surface area (Å²) in [5, 5.41) is 2.74. The molecular formula is C15H24N2O2. The SMILES string of the molecule is C[C@@H](N)Cc1cccc(CNC(=O)OC(C)(C)C)c1. The van der Waals surface area contributed by atoms with E-state index in [9.17, 15) is 4.79 Å². The van der Waals surface area contributed by atoms with E-state index in [1.165, 1.54) is 5.56 Å². The lowest BCUT2D eigenvalue weighted by molar-refractivity contribution is 0.0523. The van der Waals surface area contributed by atoms with Crippen LogP contribution in [0.15, 0.2) is 24.3 Å². The van der Waals surface area contributed by atoms with Gasteiger partial charge in [0, 0.05) is 12.6 Å². The molecule has 0 fully saturated rings. The first-order chi connectivity index (χ1) is 8.76. The molecule has 1 amide bonds. The Morgan fingerprint density at radius 3 is 2.58 bits per heavy atom. The number of alkyl carbamates (subject to hydrolysis) is 1. The van der Waals surface area contributed by atoms with Gasteiger partial charge >= 0.3 is 6.09 Å². The van der Waals surface area contributed by atoms with E-state index in [1.54, 1.807) is 0 Å². The summed E-state index contributed by atoms with van der Waals surface area (Å²) in [6.07, 6.45) is 0.436. The van der Waals surface area contributed by atoms with E-state index >= 15 is 0 Å². The van der Waals surface area contributed by atoms with Crippen molar-refractivity contribution in [3.05, 3.63) is 35.4 Å². The minimum absolute atomic E-state index is 0.133. The van der Waals surface area contributed by atoms with Crippen LogP contribution >= 0.6 is 0 Å². The van der Waals surface area contributed by atoms with E-state index in [4.69, 9.17) is 10.5 Å². The van der Waals surface area contributed by atoms with Crippen LogP contribution in [-0.2, 0) is 17.7 Å². The predicted octanol–water partition coefficient (Wildman–Crippen LogP) is 2.60. The van der Waals surface area contributed by atoms with Crippen molar-refractivity contribution in [3.63, 3.8) is 0 Å². The second-order valence-corrected chi connectivity index (χ2v) is 5.86. The van der Waals surface area contributed by atoms with E-state index in [2.05, 4.69) is 11.4 Å². The third-order valence-corrected chi connectivity index (χ3v) is 2.38. The van der Waals surface area contributed by atoms with Crippen LogP contribution in [-0.4, -0.2) is 17.7 Å². The maximum absolute atomic E-state index is 11.5. The zero-order valence-corrected chi connectivity index (χ0v) is 12.2. The summed E-state index contributed by atoms with van der Waals surface area (Å²) in [4.78, 5) is 11.5. The van der Waals surface area contributed by atoms with Crippen molar-refractivity contribution >= 4 is 6.09 Å². The number of carbonyl (C=O) groups is 1. The number of hydrogen-bond acceptors (Lipinski definition) is 3. The van der Waals surface area contributed by atoms with Gasteiger partial charge < -0.3 is 15.8 Å². The molecule has 0 bridgehead atoms. The molecule has 0 spiro atoms. The minimum atomic E-state index is -0.471. The van der Waals surface area contributed by atoms with E-state index in [0.29, 0.717) is 6.54 Å². The third-order valence-electron chi connectivity index (χ3n) is 2.38. The number of amides is 1. The molecule has 0 radical (unpaired) electrons. The van der Waals surface area contributed by atoms with E-state index < -0.39 is 11.7 Å². The second-order valence-electron chi connectivity index (χ2n) is 5.86. The number of benzene rings is 1. The number of carbonyl (C=O) groups excluding carboxylic acids is 1. The summed E-state index contributed by atoms with van der Waals surface area (Å²) in [6, 6.07) is 8.18. The van der Waals surface area contributed by atoms with Gasteiger partial charge in [-0.2, -0.15) is 0 Å². The topological polar surface area (TPSA) is 64.3 Å². The van der Waals surface area contributed by atoms with Crippen LogP contribution in [0.3, 0.4) is 0 Å². The highest BCUT2D eigenvalue weighted by atomic mass is 16.6. The predicted molar refractivity (Wildman–Crippen MR) is 76.9 cm³/mol. The molecule has 4 nitrogen and oxygen atoms in total. The molecule has 0 aliphatic heterocycles. The summed E-state index contributed by atoms with van der Waals surface area (Å²) in [7, 11) is 0. The molecule has 1 aromatic carbocycles. The third kappa shape index (κ3) is 6.82. The first-order valence-electron chi connectivity index (χ1n) is 6.56. The standard InChI is InChI=1S/C15H24N2O2/c1-11(16)8-12-6-5-7-13(9-12)10-17-14(18)19-15(2,3)4/h5-7,9,11H,8,10,16H2,1-4H3,(H,17,18)/t11-/m1/s1. The van der Waals surface area contributed by atoms with Crippen LogP contribution < -0.4 is 11.1 Å². The largest absolute Gasteiger partial charge is 0.444 e.